The van der Waals surface area contributed by atoms with Gasteiger partial charge in [0.25, 0.3) is 0 Å². The molecule has 0 aromatic heterocycles. The number of fused-ring (bicyclic) bond motifs is 2. The van der Waals surface area contributed by atoms with E-state index < -0.39 is 0 Å². The quantitative estimate of drug-likeness (QED) is 0.411. The molecule has 0 amide bonds. The molecular weight excluding hydrogens is 259 g/mol. The largest absolute Gasteiger partial charge is 0.206 e. The average molecular weight is 272 g/mol. The summed E-state index contributed by atoms with van der Waals surface area (Å²) in [6, 6.07) is 25.5. The molecule has 4 aromatic rings. The summed E-state index contributed by atoms with van der Waals surface area (Å²) in [5, 5.41) is 3.80. The molecule has 0 aliphatic carbocycles. The van der Waals surface area contributed by atoms with Crippen molar-refractivity contribution in [2.75, 3.05) is 0 Å². The van der Waals surface area contributed by atoms with E-state index in [0.717, 1.165) is 21.7 Å². The van der Waals surface area contributed by atoms with Crippen molar-refractivity contribution >= 4 is 21.5 Å². The topological polar surface area (TPSA) is 0 Å². The molecule has 0 heterocycles. The van der Waals surface area contributed by atoms with Crippen LogP contribution in [-0.4, -0.2) is 0 Å². The van der Waals surface area contributed by atoms with Crippen molar-refractivity contribution < 1.29 is 4.39 Å². The smallest absolute Gasteiger partial charge is 0.138 e. The van der Waals surface area contributed by atoms with Gasteiger partial charge in [-0.25, -0.2) is 4.39 Å². The molecular formula is C20H13F. The summed E-state index contributed by atoms with van der Waals surface area (Å²) in [5.74, 6) is -0.149. The van der Waals surface area contributed by atoms with E-state index in [-0.39, 0.29) is 5.82 Å². The van der Waals surface area contributed by atoms with Gasteiger partial charge in [-0.1, -0.05) is 78.9 Å². The summed E-state index contributed by atoms with van der Waals surface area (Å²) in [4.78, 5) is 0. The Balaban J connectivity index is 2.07. The highest BCUT2D eigenvalue weighted by atomic mass is 19.1. The normalized spacial score (nSPS) is 11.1. The molecule has 4 rings (SSSR count). The maximum atomic E-state index is 14.9. The summed E-state index contributed by atoms with van der Waals surface area (Å²) < 4.78 is 14.9. The monoisotopic (exact) mass is 272 g/mol. The number of rotatable bonds is 1. The molecule has 0 spiro atoms. The van der Waals surface area contributed by atoms with Crippen molar-refractivity contribution in [2.45, 2.75) is 0 Å². The van der Waals surface area contributed by atoms with Crippen LogP contribution in [0.15, 0.2) is 78.9 Å². The Morgan fingerprint density at radius 3 is 1.90 bits per heavy atom. The highest BCUT2D eigenvalue weighted by Gasteiger charge is 2.11. The van der Waals surface area contributed by atoms with Crippen molar-refractivity contribution in [1.82, 2.24) is 0 Å². The third-order valence-electron chi connectivity index (χ3n) is 3.94. The van der Waals surface area contributed by atoms with Crippen molar-refractivity contribution in [3.05, 3.63) is 84.7 Å². The fourth-order valence-electron chi connectivity index (χ4n) is 2.90. The lowest BCUT2D eigenvalue weighted by Crippen LogP contribution is -1.88. The average Bonchev–Trinajstić information content (AvgIpc) is 2.55. The third kappa shape index (κ3) is 1.90. The Kier molecular flexibility index (Phi) is 2.71. The van der Waals surface area contributed by atoms with Crippen LogP contribution in [0.1, 0.15) is 0 Å². The number of benzene rings is 4. The van der Waals surface area contributed by atoms with E-state index in [1.807, 2.05) is 66.7 Å². The van der Waals surface area contributed by atoms with E-state index in [9.17, 15) is 4.39 Å². The van der Waals surface area contributed by atoms with Gasteiger partial charge in [-0.15, -0.1) is 0 Å². The van der Waals surface area contributed by atoms with Crippen LogP contribution in [0.2, 0.25) is 0 Å². The Morgan fingerprint density at radius 1 is 0.476 bits per heavy atom. The van der Waals surface area contributed by atoms with Crippen molar-refractivity contribution in [3.63, 3.8) is 0 Å². The zero-order valence-electron chi connectivity index (χ0n) is 11.4. The summed E-state index contributed by atoms with van der Waals surface area (Å²) in [6.45, 7) is 0. The van der Waals surface area contributed by atoms with Crippen LogP contribution in [0, 0.1) is 5.82 Å². The van der Waals surface area contributed by atoms with Gasteiger partial charge >= 0.3 is 0 Å². The van der Waals surface area contributed by atoms with Gasteiger partial charge in [0.2, 0.25) is 0 Å². The molecule has 0 saturated heterocycles. The Hall–Kier alpha value is -2.67. The fourth-order valence-corrected chi connectivity index (χ4v) is 2.90. The minimum Gasteiger partial charge on any atom is -0.206 e. The molecule has 4 aromatic carbocycles. The van der Waals surface area contributed by atoms with Gasteiger partial charge in [-0.05, 0) is 21.7 Å². The van der Waals surface area contributed by atoms with Crippen LogP contribution in [0.4, 0.5) is 4.39 Å². The number of halogens is 1. The summed E-state index contributed by atoms with van der Waals surface area (Å²) in [6.07, 6.45) is 0. The zero-order chi connectivity index (χ0) is 14.2. The maximum absolute atomic E-state index is 14.9. The Morgan fingerprint density at radius 2 is 1.10 bits per heavy atom. The predicted molar refractivity (Wildman–Crippen MR) is 86.8 cm³/mol. The molecule has 0 bridgehead atoms. The van der Waals surface area contributed by atoms with E-state index in [4.69, 9.17) is 0 Å². The van der Waals surface area contributed by atoms with E-state index in [1.165, 1.54) is 0 Å². The van der Waals surface area contributed by atoms with E-state index in [0.29, 0.717) is 10.9 Å². The first kappa shape index (κ1) is 12.1. The molecule has 1 heteroatoms. The van der Waals surface area contributed by atoms with Crippen molar-refractivity contribution in [2.24, 2.45) is 0 Å². The second-order valence-corrected chi connectivity index (χ2v) is 5.17. The molecule has 0 fully saturated rings. The van der Waals surface area contributed by atoms with Gasteiger partial charge in [-0.3, -0.25) is 0 Å². The zero-order valence-corrected chi connectivity index (χ0v) is 11.4. The van der Waals surface area contributed by atoms with E-state index >= 15 is 0 Å². The lowest BCUT2D eigenvalue weighted by molar-refractivity contribution is 0.643. The van der Waals surface area contributed by atoms with Crippen LogP contribution >= 0.6 is 0 Å². The summed E-state index contributed by atoms with van der Waals surface area (Å²) in [5.41, 5.74) is 1.60. The van der Waals surface area contributed by atoms with Crippen LogP contribution in [0.3, 0.4) is 0 Å². The molecule has 0 atom stereocenters. The second-order valence-electron chi connectivity index (χ2n) is 5.17. The standard InChI is InChI=1S/C20H13F/c21-20-17-10-4-2-7-15(17)12-13-19(20)18-11-5-8-14-6-1-3-9-16(14)18/h1-13H. The Bertz CT molecular complexity index is 949. The highest BCUT2D eigenvalue weighted by molar-refractivity contribution is 5.99. The first-order valence-electron chi connectivity index (χ1n) is 7.00. The molecule has 100 valence electrons. The van der Waals surface area contributed by atoms with Gasteiger partial charge in [0.1, 0.15) is 5.82 Å². The first-order valence-corrected chi connectivity index (χ1v) is 7.00. The van der Waals surface area contributed by atoms with E-state index in [1.54, 1.807) is 0 Å². The minimum absolute atomic E-state index is 0.149. The number of hydrogen-bond acceptors (Lipinski definition) is 0. The van der Waals surface area contributed by atoms with E-state index in [2.05, 4.69) is 12.1 Å². The molecule has 0 aliphatic rings. The fraction of sp³-hybridized carbons (Fsp3) is 0. The highest BCUT2D eigenvalue weighted by Crippen LogP contribution is 2.33. The summed E-state index contributed by atoms with van der Waals surface area (Å²) in [7, 11) is 0. The predicted octanol–water partition coefficient (Wildman–Crippen LogP) is 5.80. The summed E-state index contributed by atoms with van der Waals surface area (Å²) >= 11 is 0. The lowest BCUT2D eigenvalue weighted by atomic mass is 9.95. The van der Waals surface area contributed by atoms with Gasteiger partial charge in [0, 0.05) is 10.9 Å². The van der Waals surface area contributed by atoms with Crippen molar-refractivity contribution in [3.8, 4) is 11.1 Å². The minimum atomic E-state index is -0.149. The molecule has 0 saturated carbocycles. The van der Waals surface area contributed by atoms with Gasteiger partial charge < -0.3 is 0 Å². The van der Waals surface area contributed by atoms with Crippen LogP contribution in [0.25, 0.3) is 32.7 Å². The molecule has 0 aliphatic heterocycles. The first-order chi connectivity index (χ1) is 10.3. The lowest BCUT2D eigenvalue weighted by Gasteiger charge is -2.10. The molecule has 21 heavy (non-hydrogen) atoms. The molecule has 0 N–H and O–H groups in total. The SMILES string of the molecule is Fc1c(-c2cccc3ccccc23)ccc2ccccc12. The van der Waals surface area contributed by atoms with Crippen LogP contribution < -0.4 is 0 Å². The Labute approximate surface area is 122 Å². The van der Waals surface area contributed by atoms with Crippen molar-refractivity contribution in [1.29, 1.82) is 0 Å². The molecule has 0 unspecified atom stereocenters. The third-order valence-corrected chi connectivity index (χ3v) is 3.94. The van der Waals surface area contributed by atoms with Gasteiger partial charge in [0.15, 0.2) is 0 Å². The maximum Gasteiger partial charge on any atom is 0.138 e. The van der Waals surface area contributed by atoms with Gasteiger partial charge in [-0.2, -0.15) is 0 Å². The molecule has 0 nitrogen and oxygen atoms in total. The number of hydrogen-bond donors (Lipinski definition) is 0. The van der Waals surface area contributed by atoms with Crippen LogP contribution in [0.5, 0.6) is 0 Å². The van der Waals surface area contributed by atoms with Crippen LogP contribution in [-0.2, 0) is 0 Å². The second kappa shape index (κ2) is 4.71. The molecule has 0 radical (unpaired) electrons. The van der Waals surface area contributed by atoms with Gasteiger partial charge in [0.05, 0.1) is 0 Å².